The molecular weight excluding hydrogens is 356 g/mol. The maximum Gasteiger partial charge on any atom is 0.408 e. The Balaban J connectivity index is 2.95. The average molecular weight is 386 g/mol. The summed E-state index contributed by atoms with van der Waals surface area (Å²) < 4.78 is 10.4. The Bertz CT molecular complexity index is 559. The van der Waals surface area contributed by atoms with E-state index >= 15 is 0 Å². The van der Waals surface area contributed by atoms with Crippen molar-refractivity contribution in [2.45, 2.75) is 84.1 Å². The molecular formula is C18H30N2O7. The first-order chi connectivity index (χ1) is 12.2. The molecule has 0 radical (unpaired) electrons. The van der Waals surface area contributed by atoms with E-state index in [1.54, 1.807) is 41.5 Å². The molecule has 1 fully saturated rings. The summed E-state index contributed by atoms with van der Waals surface area (Å²) in [5.41, 5.74) is -1.55. The van der Waals surface area contributed by atoms with Crippen LogP contribution in [0.4, 0.5) is 4.79 Å². The van der Waals surface area contributed by atoms with E-state index in [9.17, 15) is 24.3 Å². The number of likely N-dealkylation sites (tertiary alicyclic amines) is 1. The molecule has 1 rings (SSSR count). The van der Waals surface area contributed by atoms with Crippen LogP contribution in [-0.2, 0) is 23.9 Å². The smallest absolute Gasteiger partial charge is 0.408 e. The first-order valence-electron chi connectivity index (χ1n) is 8.94. The number of ether oxygens (including phenoxy) is 2. The van der Waals surface area contributed by atoms with Crippen LogP contribution in [0.1, 0.15) is 60.8 Å². The molecule has 1 aliphatic heterocycles. The van der Waals surface area contributed by atoms with E-state index in [1.807, 2.05) is 0 Å². The fourth-order valence-corrected chi connectivity index (χ4v) is 2.69. The average Bonchev–Trinajstić information content (AvgIpc) is 2.90. The number of hydrogen-bond acceptors (Lipinski definition) is 6. The number of carboxylic acid groups (broad SMARTS) is 1. The Morgan fingerprint density at radius 3 is 2.11 bits per heavy atom. The van der Waals surface area contributed by atoms with Gasteiger partial charge >= 0.3 is 18.0 Å². The number of nitrogens with zero attached hydrogens (tertiary/aromatic N) is 1. The lowest BCUT2D eigenvalue weighted by Crippen LogP contribution is -2.53. The topological polar surface area (TPSA) is 122 Å². The van der Waals surface area contributed by atoms with Crippen molar-refractivity contribution in [1.29, 1.82) is 0 Å². The van der Waals surface area contributed by atoms with Crippen molar-refractivity contribution in [2.24, 2.45) is 0 Å². The highest BCUT2D eigenvalue weighted by Crippen LogP contribution is 2.20. The first kappa shape index (κ1) is 22.7. The van der Waals surface area contributed by atoms with Crippen LogP contribution in [0.2, 0.25) is 0 Å². The number of alkyl carbamates (subject to hydrolysis) is 1. The van der Waals surface area contributed by atoms with Crippen LogP contribution in [0.3, 0.4) is 0 Å². The molecule has 9 heteroatoms. The van der Waals surface area contributed by atoms with E-state index in [0.29, 0.717) is 12.8 Å². The monoisotopic (exact) mass is 386 g/mol. The van der Waals surface area contributed by atoms with Gasteiger partial charge in [0.15, 0.2) is 0 Å². The van der Waals surface area contributed by atoms with E-state index in [4.69, 9.17) is 9.47 Å². The molecule has 0 spiro atoms. The van der Waals surface area contributed by atoms with Crippen molar-refractivity contribution in [3.63, 3.8) is 0 Å². The van der Waals surface area contributed by atoms with Crippen molar-refractivity contribution in [1.82, 2.24) is 10.2 Å². The molecule has 0 aromatic heterocycles. The van der Waals surface area contributed by atoms with E-state index in [1.165, 1.54) is 4.90 Å². The minimum absolute atomic E-state index is 0.247. The largest absolute Gasteiger partial charge is 0.480 e. The standard InChI is InChI=1S/C18H30N2O7/c1-17(2,3)26-13(21)10-11(19-16(25)27-18(4,5)6)14(22)20-9-7-8-12(20)15(23)24/h11-12H,7-10H2,1-6H3,(H,19,25)(H,23,24)/t11?,12-/m0/s1. The molecule has 1 unspecified atom stereocenters. The van der Waals surface area contributed by atoms with Crippen molar-refractivity contribution < 1.29 is 33.8 Å². The van der Waals surface area contributed by atoms with Gasteiger partial charge in [0.2, 0.25) is 5.91 Å². The highest BCUT2D eigenvalue weighted by atomic mass is 16.6. The van der Waals surface area contributed by atoms with Crippen molar-refractivity contribution in [2.75, 3.05) is 6.54 Å². The second kappa shape index (κ2) is 8.58. The molecule has 1 saturated heterocycles. The Morgan fingerprint density at radius 1 is 1.07 bits per heavy atom. The van der Waals surface area contributed by atoms with Crippen LogP contribution in [0, 0.1) is 0 Å². The summed E-state index contributed by atoms with van der Waals surface area (Å²) in [6.07, 6.45) is -0.422. The number of rotatable bonds is 5. The van der Waals surface area contributed by atoms with Gasteiger partial charge in [0.05, 0.1) is 6.42 Å². The van der Waals surface area contributed by atoms with Gasteiger partial charge in [-0.05, 0) is 54.4 Å². The van der Waals surface area contributed by atoms with Gasteiger partial charge in [-0.15, -0.1) is 0 Å². The maximum atomic E-state index is 12.8. The molecule has 0 aliphatic carbocycles. The molecule has 0 bridgehead atoms. The SMILES string of the molecule is CC(C)(C)OC(=O)CC(NC(=O)OC(C)(C)C)C(=O)N1CCC[C@H]1C(=O)O. The fourth-order valence-electron chi connectivity index (χ4n) is 2.69. The summed E-state index contributed by atoms with van der Waals surface area (Å²) >= 11 is 0. The fraction of sp³-hybridized carbons (Fsp3) is 0.778. The minimum atomic E-state index is -1.27. The number of amides is 2. The lowest BCUT2D eigenvalue weighted by molar-refractivity contribution is -0.157. The predicted octanol–water partition coefficient (Wildman–Crippen LogP) is 1.69. The Labute approximate surface area is 159 Å². The summed E-state index contributed by atoms with van der Waals surface area (Å²) in [7, 11) is 0. The van der Waals surface area contributed by atoms with Gasteiger partial charge in [0.25, 0.3) is 0 Å². The van der Waals surface area contributed by atoms with E-state index in [-0.39, 0.29) is 6.54 Å². The summed E-state index contributed by atoms with van der Waals surface area (Å²) in [6.45, 7) is 10.3. The molecule has 0 aromatic rings. The Hall–Kier alpha value is -2.32. The first-order valence-corrected chi connectivity index (χ1v) is 8.94. The lowest BCUT2D eigenvalue weighted by atomic mass is 10.1. The second-order valence-corrected chi connectivity index (χ2v) is 8.52. The zero-order valence-electron chi connectivity index (χ0n) is 16.8. The lowest BCUT2D eigenvalue weighted by Gasteiger charge is -2.28. The molecule has 1 aliphatic rings. The molecule has 0 saturated carbocycles. The number of nitrogens with one attached hydrogen (secondary N) is 1. The van der Waals surface area contributed by atoms with Crippen LogP contribution in [0.5, 0.6) is 0 Å². The van der Waals surface area contributed by atoms with E-state index in [2.05, 4.69) is 5.32 Å². The van der Waals surface area contributed by atoms with E-state index < -0.39 is 53.6 Å². The molecule has 154 valence electrons. The molecule has 0 aromatic carbocycles. The number of carbonyl (C=O) groups is 4. The zero-order chi connectivity index (χ0) is 21.0. The Morgan fingerprint density at radius 2 is 1.63 bits per heavy atom. The predicted molar refractivity (Wildman–Crippen MR) is 96.0 cm³/mol. The third-order valence-electron chi connectivity index (χ3n) is 3.60. The van der Waals surface area contributed by atoms with Gasteiger partial charge in [0.1, 0.15) is 23.3 Å². The number of esters is 1. The molecule has 2 atom stereocenters. The summed E-state index contributed by atoms with van der Waals surface area (Å²) in [6, 6.07) is -2.24. The van der Waals surface area contributed by atoms with Crippen LogP contribution in [0.15, 0.2) is 0 Å². The maximum absolute atomic E-state index is 12.8. The minimum Gasteiger partial charge on any atom is -0.480 e. The molecule has 27 heavy (non-hydrogen) atoms. The van der Waals surface area contributed by atoms with Crippen LogP contribution < -0.4 is 5.32 Å². The summed E-state index contributed by atoms with van der Waals surface area (Å²) in [4.78, 5) is 49.7. The van der Waals surface area contributed by atoms with Crippen molar-refractivity contribution in [3.8, 4) is 0 Å². The van der Waals surface area contributed by atoms with Crippen LogP contribution in [0.25, 0.3) is 0 Å². The summed E-state index contributed by atoms with van der Waals surface area (Å²) in [5.74, 6) is -2.44. The normalized spacial score (nSPS) is 18.6. The quantitative estimate of drug-likeness (QED) is 0.689. The van der Waals surface area contributed by atoms with Gasteiger partial charge in [0, 0.05) is 6.54 Å². The molecule has 1 heterocycles. The number of carboxylic acids is 1. The van der Waals surface area contributed by atoms with Gasteiger partial charge in [-0.1, -0.05) is 0 Å². The Kier molecular flexibility index (Phi) is 7.22. The van der Waals surface area contributed by atoms with Gasteiger partial charge < -0.3 is 24.8 Å². The van der Waals surface area contributed by atoms with Crippen molar-refractivity contribution >= 4 is 23.9 Å². The number of carbonyl (C=O) groups excluding carboxylic acids is 3. The third kappa shape index (κ3) is 7.84. The zero-order valence-corrected chi connectivity index (χ0v) is 16.8. The van der Waals surface area contributed by atoms with Gasteiger partial charge in [-0.3, -0.25) is 9.59 Å². The van der Waals surface area contributed by atoms with Crippen LogP contribution in [-0.4, -0.2) is 63.8 Å². The van der Waals surface area contributed by atoms with Crippen LogP contribution >= 0.6 is 0 Å². The highest BCUT2D eigenvalue weighted by Gasteiger charge is 2.39. The number of aliphatic carboxylic acids is 1. The molecule has 2 amide bonds. The number of hydrogen-bond donors (Lipinski definition) is 2. The second-order valence-electron chi connectivity index (χ2n) is 8.52. The molecule has 9 nitrogen and oxygen atoms in total. The van der Waals surface area contributed by atoms with Crippen molar-refractivity contribution in [3.05, 3.63) is 0 Å². The van der Waals surface area contributed by atoms with Gasteiger partial charge in [-0.25, -0.2) is 9.59 Å². The third-order valence-corrected chi connectivity index (χ3v) is 3.60. The van der Waals surface area contributed by atoms with E-state index in [0.717, 1.165) is 0 Å². The highest BCUT2D eigenvalue weighted by molar-refractivity contribution is 5.92. The molecule has 2 N–H and O–H groups in total. The summed E-state index contributed by atoms with van der Waals surface area (Å²) in [5, 5.41) is 11.7. The van der Waals surface area contributed by atoms with Gasteiger partial charge in [-0.2, -0.15) is 0 Å².